The molecule has 1 aromatic heterocycles. The Morgan fingerprint density at radius 1 is 1.17 bits per heavy atom. The van der Waals surface area contributed by atoms with Gasteiger partial charge in [0.15, 0.2) is 11.6 Å². The van der Waals surface area contributed by atoms with E-state index in [2.05, 4.69) is 15.2 Å². The summed E-state index contributed by atoms with van der Waals surface area (Å²) in [4.78, 5) is 16.5. The van der Waals surface area contributed by atoms with Gasteiger partial charge in [-0.1, -0.05) is 11.8 Å². The van der Waals surface area contributed by atoms with Gasteiger partial charge in [0.1, 0.15) is 11.5 Å². The quantitative estimate of drug-likeness (QED) is 0.529. The summed E-state index contributed by atoms with van der Waals surface area (Å²) in [5, 5.41) is 16.7. The average Bonchev–Trinajstić information content (AvgIpc) is 3.09. The van der Waals surface area contributed by atoms with Crippen LogP contribution in [-0.4, -0.2) is 38.9 Å². The number of phenols is 1. The summed E-state index contributed by atoms with van der Waals surface area (Å²) in [7, 11) is 1.61. The summed E-state index contributed by atoms with van der Waals surface area (Å²) in [6, 6.07) is 13.6. The van der Waals surface area contributed by atoms with Gasteiger partial charge in [-0.15, -0.1) is 5.10 Å². The first-order valence-corrected chi connectivity index (χ1v) is 8.16. The van der Waals surface area contributed by atoms with Crippen LogP contribution in [0.2, 0.25) is 0 Å². The lowest BCUT2D eigenvalue weighted by molar-refractivity contribution is 0.102. The molecule has 0 radical (unpaired) electrons. The molecule has 2 N–H and O–H groups in total. The van der Waals surface area contributed by atoms with Gasteiger partial charge in [0.2, 0.25) is 5.16 Å². The Bertz CT molecular complexity index is 829. The van der Waals surface area contributed by atoms with Crippen molar-refractivity contribution in [2.45, 2.75) is 5.16 Å². The van der Waals surface area contributed by atoms with Gasteiger partial charge in [0.05, 0.1) is 12.9 Å². The highest BCUT2D eigenvalue weighted by Gasteiger charge is 2.11. The molecule has 0 saturated carbocycles. The smallest absolute Gasteiger partial charge is 0.209 e. The largest absolute Gasteiger partial charge is 0.508 e. The van der Waals surface area contributed by atoms with Crippen molar-refractivity contribution in [1.82, 2.24) is 15.2 Å². The summed E-state index contributed by atoms with van der Waals surface area (Å²) >= 11 is 1.26. The van der Waals surface area contributed by atoms with Gasteiger partial charge in [-0.3, -0.25) is 9.89 Å². The van der Waals surface area contributed by atoms with E-state index in [1.54, 1.807) is 19.2 Å². The third-order valence-corrected chi connectivity index (χ3v) is 4.20. The number of H-pyrrole nitrogens is 1. The molecule has 2 aromatic carbocycles. The average molecular weight is 341 g/mol. The van der Waals surface area contributed by atoms with Gasteiger partial charge in [0.25, 0.3) is 0 Å². The minimum atomic E-state index is -0.0456. The molecule has 0 aliphatic carbocycles. The number of rotatable bonds is 6. The number of carbonyl (C=O) groups excluding carboxylic acids is 1. The molecule has 0 bridgehead atoms. The molecule has 0 saturated heterocycles. The molecule has 3 rings (SSSR count). The van der Waals surface area contributed by atoms with Gasteiger partial charge in [-0.2, -0.15) is 0 Å². The van der Waals surface area contributed by atoms with Crippen molar-refractivity contribution >= 4 is 17.5 Å². The van der Waals surface area contributed by atoms with Crippen LogP contribution in [0.15, 0.2) is 53.7 Å². The third kappa shape index (κ3) is 3.75. The van der Waals surface area contributed by atoms with Crippen LogP contribution in [0, 0.1) is 0 Å². The summed E-state index contributed by atoms with van der Waals surface area (Å²) in [5.74, 6) is 1.72. The van der Waals surface area contributed by atoms with E-state index in [0.717, 1.165) is 11.3 Å². The highest BCUT2D eigenvalue weighted by atomic mass is 32.2. The number of nitrogens with zero attached hydrogens (tertiary/aromatic N) is 2. The van der Waals surface area contributed by atoms with Crippen LogP contribution in [0.5, 0.6) is 11.5 Å². The highest BCUT2D eigenvalue weighted by Crippen LogP contribution is 2.22. The number of aromatic hydroxyl groups is 1. The van der Waals surface area contributed by atoms with Gasteiger partial charge in [0, 0.05) is 11.1 Å². The number of aromatic amines is 1. The number of ketones is 1. The molecule has 7 heteroatoms. The van der Waals surface area contributed by atoms with Crippen LogP contribution in [0.3, 0.4) is 0 Å². The van der Waals surface area contributed by atoms with E-state index >= 15 is 0 Å². The highest BCUT2D eigenvalue weighted by molar-refractivity contribution is 7.99. The molecule has 0 spiro atoms. The fourth-order valence-corrected chi connectivity index (χ4v) is 2.74. The fourth-order valence-electron chi connectivity index (χ4n) is 2.05. The topological polar surface area (TPSA) is 88.1 Å². The van der Waals surface area contributed by atoms with Crippen molar-refractivity contribution in [1.29, 1.82) is 0 Å². The first-order valence-electron chi connectivity index (χ1n) is 7.17. The Labute approximate surface area is 142 Å². The second-order valence-corrected chi connectivity index (χ2v) is 5.90. The van der Waals surface area contributed by atoms with Crippen LogP contribution in [-0.2, 0) is 0 Å². The molecular weight excluding hydrogens is 326 g/mol. The maximum atomic E-state index is 12.1. The monoisotopic (exact) mass is 341 g/mol. The number of hydrogen-bond acceptors (Lipinski definition) is 6. The zero-order valence-electron chi connectivity index (χ0n) is 12.9. The van der Waals surface area contributed by atoms with E-state index in [4.69, 9.17) is 4.74 Å². The maximum absolute atomic E-state index is 12.1. The number of nitrogens with one attached hydrogen (secondary N) is 1. The number of methoxy groups -OCH3 is 1. The third-order valence-electron chi connectivity index (χ3n) is 3.35. The Kier molecular flexibility index (Phi) is 4.81. The number of Topliss-reactive ketones (excluding diaryl/α,β-unsaturated/α-hetero) is 1. The summed E-state index contributed by atoms with van der Waals surface area (Å²) in [6.07, 6.45) is 0. The standard InChI is InChI=1S/C17H15N3O3S/c1-23-14-8-4-12(5-9-14)16-18-17(20-19-16)24-10-15(22)11-2-6-13(21)7-3-11/h2-9,21H,10H2,1H3,(H,18,19,20). The van der Waals surface area contributed by atoms with Crippen LogP contribution in [0.25, 0.3) is 11.4 Å². The van der Waals surface area contributed by atoms with Gasteiger partial charge >= 0.3 is 0 Å². The lowest BCUT2D eigenvalue weighted by Gasteiger charge is -2.00. The van der Waals surface area contributed by atoms with E-state index in [-0.39, 0.29) is 17.3 Å². The van der Waals surface area contributed by atoms with Crippen LogP contribution < -0.4 is 4.74 Å². The van der Waals surface area contributed by atoms with Crippen molar-refractivity contribution in [3.05, 3.63) is 54.1 Å². The number of benzene rings is 2. The molecule has 0 unspecified atom stereocenters. The predicted molar refractivity (Wildman–Crippen MR) is 91.5 cm³/mol. The number of aromatic nitrogens is 3. The van der Waals surface area contributed by atoms with Gasteiger partial charge in [-0.25, -0.2) is 4.98 Å². The molecule has 6 nitrogen and oxygen atoms in total. The minimum absolute atomic E-state index is 0.0456. The first-order chi connectivity index (χ1) is 11.7. The van der Waals surface area contributed by atoms with E-state index < -0.39 is 0 Å². The Morgan fingerprint density at radius 2 is 1.88 bits per heavy atom. The van der Waals surface area contributed by atoms with E-state index in [1.165, 1.54) is 23.9 Å². The molecule has 0 aliphatic heterocycles. The van der Waals surface area contributed by atoms with Crippen LogP contribution in [0.1, 0.15) is 10.4 Å². The number of phenolic OH excluding ortho intramolecular Hbond substituents is 1. The summed E-state index contributed by atoms with van der Waals surface area (Å²) in [5.41, 5.74) is 1.44. The molecule has 1 heterocycles. The summed E-state index contributed by atoms with van der Waals surface area (Å²) < 4.78 is 5.12. The predicted octanol–water partition coefficient (Wildman–Crippen LogP) is 3.16. The van der Waals surface area contributed by atoms with E-state index in [9.17, 15) is 9.90 Å². The van der Waals surface area contributed by atoms with Crippen molar-refractivity contribution in [2.24, 2.45) is 0 Å². The molecule has 0 fully saturated rings. The fraction of sp³-hybridized carbons (Fsp3) is 0.118. The van der Waals surface area contributed by atoms with Gasteiger partial charge in [-0.05, 0) is 48.5 Å². The molecule has 0 amide bonds. The van der Waals surface area contributed by atoms with Crippen molar-refractivity contribution in [2.75, 3.05) is 12.9 Å². The Balaban J connectivity index is 1.63. The van der Waals surface area contributed by atoms with Gasteiger partial charge < -0.3 is 9.84 Å². The molecular formula is C17H15N3O3S. The molecule has 24 heavy (non-hydrogen) atoms. The number of hydrogen-bond donors (Lipinski definition) is 2. The van der Waals surface area contributed by atoms with E-state index in [0.29, 0.717) is 16.5 Å². The molecule has 0 aliphatic rings. The normalized spacial score (nSPS) is 10.5. The van der Waals surface area contributed by atoms with Crippen molar-refractivity contribution < 1.29 is 14.6 Å². The molecule has 3 aromatic rings. The molecule has 0 atom stereocenters. The van der Waals surface area contributed by atoms with Crippen LogP contribution >= 0.6 is 11.8 Å². The number of ether oxygens (including phenoxy) is 1. The summed E-state index contributed by atoms with van der Waals surface area (Å²) in [6.45, 7) is 0. The van der Waals surface area contributed by atoms with Crippen molar-refractivity contribution in [3.8, 4) is 22.9 Å². The Hall–Kier alpha value is -2.80. The van der Waals surface area contributed by atoms with Crippen LogP contribution in [0.4, 0.5) is 0 Å². The second kappa shape index (κ2) is 7.18. The first kappa shape index (κ1) is 16.1. The molecule has 122 valence electrons. The maximum Gasteiger partial charge on any atom is 0.209 e. The van der Waals surface area contributed by atoms with Crippen molar-refractivity contribution in [3.63, 3.8) is 0 Å². The SMILES string of the molecule is COc1ccc(-c2nc(SCC(=O)c3ccc(O)cc3)n[nH]2)cc1. The zero-order valence-corrected chi connectivity index (χ0v) is 13.7. The lowest BCUT2D eigenvalue weighted by Crippen LogP contribution is -2.02. The zero-order chi connectivity index (χ0) is 16.9. The number of carbonyl (C=O) groups is 1. The lowest BCUT2D eigenvalue weighted by atomic mass is 10.1. The minimum Gasteiger partial charge on any atom is -0.508 e. The second-order valence-electron chi connectivity index (χ2n) is 4.95. The van der Waals surface area contributed by atoms with E-state index in [1.807, 2.05) is 24.3 Å². The Morgan fingerprint density at radius 3 is 2.54 bits per heavy atom. The number of thioether (sulfide) groups is 1.